The predicted molar refractivity (Wildman–Crippen MR) is 97.2 cm³/mol. The molecule has 0 amide bonds. The first kappa shape index (κ1) is 18.7. The fraction of sp³-hybridized carbons (Fsp3) is 0.333. The molecule has 0 heterocycles. The van der Waals surface area contributed by atoms with Crippen LogP contribution in [0.5, 0.6) is 5.75 Å². The molecule has 132 valence electrons. The number of ether oxygens (including phenoxy) is 2. The topological polar surface area (TPSA) is 52.6 Å². The largest absolute Gasteiger partial charge is 0.465 e. The van der Waals surface area contributed by atoms with Crippen LogP contribution in [0.4, 0.5) is 0 Å². The minimum Gasteiger partial charge on any atom is -0.465 e. The number of rotatable bonds is 7. The van der Waals surface area contributed by atoms with E-state index in [4.69, 9.17) is 9.47 Å². The Morgan fingerprint density at radius 2 is 1.36 bits per heavy atom. The summed E-state index contributed by atoms with van der Waals surface area (Å²) >= 11 is 0. The first-order valence-electron chi connectivity index (χ1n) is 8.62. The van der Waals surface area contributed by atoms with Gasteiger partial charge in [-0.25, -0.2) is 0 Å². The van der Waals surface area contributed by atoms with E-state index in [1.54, 1.807) is 32.9 Å². The van der Waals surface area contributed by atoms with Crippen molar-refractivity contribution in [3.05, 3.63) is 54.6 Å². The van der Waals surface area contributed by atoms with Crippen LogP contribution in [0.25, 0.3) is 11.1 Å². The zero-order chi connectivity index (χ0) is 18.3. The van der Waals surface area contributed by atoms with E-state index in [9.17, 15) is 9.59 Å². The molecule has 4 nitrogen and oxygen atoms in total. The predicted octanol–water partition coefficient (Wildman–Crippen LogP) is 4.63. The summed E-state index contributed by atoms with van der Waals surface area (Å²) in [5.74, 6) is -0.672. The number of carbonyl (C=O) groups excluding carboxylic acids is 2. The van der Waals surface area contributed by atoms with Crippen molar-refractivity contribution < 1.29 is 19.1 Å². The van der Waals surface area contributed by atoms with Gasteiger partial charge in [0.05, 0.1) is 6.61 Å². The molecule has 0 bridgehead atoms. The van der Waals surface area contributed by atoms with Crippen molar-refractivity contribution in [2.75, 3.05) is 6.61 Å². The summed E-state index contributed by atoms with van der Waals surface area (Å²) in [6, 6.07) is 17.2. The molecule has 0 N–H and O–H groups in total. The molecule has 4 heteroatoms. The van der Waals surface area contributed by atoms with Gasteiger partial charge in [0.2, 0.25) is 0 Å². The fourth-order valence-corrected chi connectivity index (χ4v) is 2.73. The van der Waals surface area contributed by atoms with Crippen molar-refractivity contribution in [3.63, 3.8) is 0 Å². The molecule has 0 fully saturated rings. The van der Waals surface area contributed by atoms with Crippen LogP contribution in [-0.4, -0.2) is 18.5 Å². The maximum Gasteiger partial charge on any atom is 0.328 e. The van der Waals surface area contributed by atoms with Crippen molar-refractivity contribution in [1.82, 2.24) is 0 Å². The highest BCUT2D eigenvalue weighted by molar-refractivity contribution is 6.00. The van der Waals surface area contributed by atoms with E-state index in [1.807, 2.05) is 42.5 Å². The number of hydrogen-bond donors (Lipinski definition) is 0. The Balaban J connectivity index is 2.17. The lowest BCUT2D eigenvalue weighted by molar-refractivity contribution is -0.167. The van der Waals surface area contributed by atoms with Crippen LogP contribution in [0.1, 0.15) is 33.6 Å². The zero-order valence-electron chi connectivity index (χ0n) is 15.0. The molecule has 2 aromatic rings. The average molecular weight is 340 g/mol. The van der Waals surface area contributed by atoms with Gasteiger partial charge in [-0.05, 0) is 43.0 Å². The molecule has 2 rings (SSSR count). The standard InChI is InChI=1S/C21H24O4/c1-4-21(5-2,19(22)24-6-3)20(23)25-18-14-12-17(13-15-18)16-10-8-7-9-11-16/h7-15H,4-6H2,1-3H3. The van der Waals surface area contributed by atoms with Gasteiger partial charge < -0.3 is 9.47 Å². The third-order valence-electron chi connectivity index (χ3n) is 4.44. The highest BCUT2D eigenvalue weighted by Crippen LogP contribution is 2.31. The van der Waals surface area contributed by atoms with Gasteiger partial charge in [0, 0.05) is 0 Å². The highest BCUT2D eigenvalue weighted by Gasteiger charge is 2.46. The second-order valence-electron chi connectivity index (χ2n) is 5.79. The number of carbonyl (C=O) groups is 2. The van der Waals surface area contributed by atoms with Crippen LogP contribution in [0.3, 0.4) is 0 Å². The maximum atomic E-state index is 12.6. The summed E-state index contributed by atoms with van der Waals surface area (Å²) in [4.78, 5) is 24.9. The molecule has 0 radical (unpaired) electrons. The normalized spacial score (nSPS) is 11.0. The molecule has 25 heavy (non-hydrogen) atoms. The number of benzene rings is 2. The molecular weight excluding hydrogens is 316 g/mol. The lowest BCUT2D eigenvalue weighted by Gasteiger charge is -2.26. The average Bonchev–Trinajstić information content (AvgIpc) is 2.65. The highest BCUT2D eigenvalue weighted by atomic mass is 16.6. The van der Waals surface area contributed by atoms with E-state index in [0.29, 0.717) is 18.6 Å². The van der Waals surface area contributed by atoms with E-state index in [2.05, 4.69) is 0 Å². The van der Waals surface area contributed by atoms with Crippen LogP contribution >= 0.6 is 0 Å². The quantitative estimate of drug-likeness (QED) is 0.419. The van der Waals surface area contributed by atoms with Crippen LogP contribution < -0.4 is 4.74 Å². The molecular formula is C21H24O4. The SMILES string of the molecule is CCOC(=O)C(CC)(CC)C(=O)Oc1ccc(-c2ccccc2)cc1. The molecule has 0 atom stereocenters. The van der Waals surface area contributed by atoms with E-state index < -0.39 is 17.4 Å². The first-order valence-corrected chi connectivity index (χ1v) is 8.62. The van der Waals surface area contributed by atoms with Crippen LogP contribution in [0.15, 0.2) is 54.6 Å². The van der Waals surface area contributed by atoms with E-state index in [1.165, 1.54) is 0 Å². The van der Waals surface area contributed by atoms with Crippen molar-refractivity contribution in [3.8, 4) is 16.9 Å². The lowest BCUT2D eigenvalue weighted by atomic mass is 9.82. The van der Waals surface area contributed by atoms with Crippen LogP contribution in [0.2, 0.25) is 0 Å². The smallest absolute Gasteiger partial charge is 0.328 e. The van der Waals surface area contributed by atoms with Gasteiger partial charge in [0.15, 0.2) is 5.41 Å². The van der Waals surface area contributed by atoms with Crippen LogP contribution in [0, 0.1) is 5.41 Å². The maximum absolute atomic E-state index is 12.6. The molecule has 2 aromatic carbocycles. The van der Waals surface area contributed by atoms with Crippen LogP contribution in [-0.2, 0) is 14.3 Å². The molecule has 0 unspecified atom stereocenters. The molecule has 0 aliphatic heterocycles. The van der Waals surface area contributed by atoms with Crippen molar-refractivity contribution >= 4 is 11.9 Å². The summed E-state index contributed by atoms with van der Waals surface area (Å²) in [5, 5.41) is 0. The van der Waals surface area contributed by atoms with Gasteiger partial charge in [-0.15, -0.1) is 0 Å². The minimum atomic E-state index is -1.26. The molecule has 0 saturated heterocycles. The first-order chi connectivity index (χ1) is 12.1. The van der Waals surface area contributed by atoms with E-state index in [0.717, 1.165) is 11.1 Å². The second kappa shape index (κ2) is 8.47. The van der Waals surface area contributed by atoms with Gasteiger partial charge in [-0.2, -0.15) is 0 Å². The summed E-state index contributed by atoms with van der Waals surface area (Å²) < 4.78 is 10.6. The zero-order valence-corrected chi connectivity index (χ0v) is 15.0. The Morgan fingerprint density at radius 1 is 0.800 bits per heavy atom. The van der Waals surface area contributed by atoms with Gasteiger partial charge in [-0.3, -0.25) is 9.59 Å². The van der Waals surface area contributed by atoms with E-state index >= 15 is 0 Å². The minimum absolute atomic E-state index is 0.236. The Labute approximate surface area is 148 Å². The monoisotopic (exact) mass is 340 g/mol. The number of hydrogen-bond acceptors (Lipinski definition) is 4. The number of esters is 2. The summed E-state index contributed by atoms with van der Waals surface area (Å²) in [6.07, 6.45) is 0.673. The van der Waals surface area contributed by atoms with Gasteiger partial charge in [0.1, 0.15) is 5.75 Å². The summed E-state index contributed by atoms with van der Waals surface area (Å²) in [6.45, 7) is 5.54. The Kier molecular flexibility index (Phi) is 6.34. The molecule has 0 aliphatic rings. The van der Waals surface area contributed by atoms with Crippen molar-refractivity contribution in [1.29, 1.82) is 0 Å². The third-order valence-corrected chi connectivity index (χ3v) is 4.44. The molecule has 0 aliphatic carbocycles. The van der Waals surface area contributed by atoms with Crippen molar-refractivity contribution in [2.45, 2.75) is 33.6 Å². The molecule has 0 aromatic heterocycles. The third kappa shape index (κ3) is 4.08. The fourth-order valence-electron chi connectivity index (χ4n) is 2.73. The second-order valence-corrected chi connectivity index (χ2v) is 5.79. The van der Waals surface area contributed by atoms with Gasteiger partial charge in [-0.1, -0.05) is 56.3 Å². The van der Waals surface area contributed by atoms with Crippen molar-refractivity contribution in [2.24, 2.45) is 5.41 Å². The lowest BCUT2D eigenvalue weighted by Crippen LogP contribution is -2.42. The Morgan fingerprint density at radius 3 is 1.88 bits per heavy atom. The van der Waals surface area contributed by atoms with E-state index in [-0.39, 0.29) is 6.61 Å². The Hall–Kier alpha value is -2.62. The summed E-state index contributed by atoms with van der Waals surface area (Å²) in [7, 11) is 0. The molecule has 0 spiro atoms. The Bertz CT molecular complexity index is 700. The summed E-state index contributed by atoms with van der Waals surface area (Å²) in [5.41, 5.74) is 0.861. The molecule has 0 saturated carbocycles. The van der Waals surface area contributed by atoms with Gasteiger partial charge in [0.25, 0.3) is 0 Å². The van der Waals surface area contributed by atoms with Gasteiger partial charge >= 0.3 is 11.9 Å².